The van der Waals surface area contributed by atoms with Gasteiger partial charge in [0, 0.05) is 6.07 Å². The van der Waals surface area contributed by atoms with Crippen molar-refractivity contribution in [2.24, 2.45) is 0 Å². The molecule has 0 atom stereocenters. The maximum atomic E-state index is 13.1. The summed E-state index contributed by atoms with van der Waals surface area (Å²) in [7, 11) is 0. The summed E-state index contributed by atoms with van der Waals surface area (Å²) in [6.45, 7) is -0.786. The minimum Gasteiger partial charge on any atom is -0.478 e. The van der Waals surface area contributed by atoms with Crippen molar-refractivity contribution in [3.63, 3.8) is 0 Å². The lowest BCUT2D eigenvalue weighted by Crippen LogP contribution is -2.16. The number of benzene rings is 2. The highest BCUT2D eigenvalue weighted by molar-refractivity contribution is 7.22. The van der Waals surface area contributed by atoms with Gasteiger partial charge in [-0.05, 0) is 24.3 Å². The molecule has 12 heteroatoms. The molecular formula is C18H12F4N4O3S. The van der Waals surface area contributed by atoms with E-state index in [1.54, 1.807) is 6.07 Å². The molecule has 0 unspecified atom stereocenters. The summed E-state index contributed by atoms with van der Waals surface area (Å²) >= 11 is 1.05. The number of imidazole rings is 1. The highest BCUT2D eigenvalue weighted by atomic mass is 32.1. The molecular weight excluding hydrogens is 428 g/mol. The third kappa shape index (κ3) is 3.85. The highest BCUT2D eigenvalue weighted by Crippen LogP contribution is 2.33. The number of carbonyl (C=O) groups is 1. The first-order valence-corrected chi connectivity index (χ1v) is 9.28. The second-order valence-electron chi connectivity index (χ2n) is 6.08. The van der Waals surface area contributed by atoms with Crippen LogP contribution in [-0.2, 0) is 6.54 Å². The van der Waals surface area contributed by atoms with Crippen LogP contribution in [0.2, 0.25) is 0 Å². The summed E-state index contributed by atoms with van der Waals surface area (Å²) in [5, 5.41) is 12.6. The third-order valence-electron chi connectivity index (χ3n) is 4.13. The summed E-state index contributed by atoms with van der Waals surface area (Å²) < 4.78 is 56.1. The predicted molar refractivity (Wildman–Crippen MR) is 102 cm³/mol. The number of aromatic carboxylic acids is 1. The van der Waals surface area contributed by atoms with Gasteiger partial charge in [-0.3, -0.25) is 0 Å². The molecule has 0 saturated heterocycles. The van der Waals surface area contributed by atoms with E-state index in [2.05, 4.69) is 20.0 Å². The van der Waals surface area contributed by atoms with Gasteiger partial charge < -0.3 is 19.7 Å². The van der Waals surface area contributed by atoms with Crippen molar-refractivity contribution in [2.75, 3.05) is 12.0 Å². The number of ether oxygens (including phenoxy) is 1. The number of carboxylic acids is 1. The van der Waals surface area contributed by atoms with E-state index < -0.39 is 19.0 Å². The Hall–Kier alpha value is -3.41. The minimum absolute atomic E-state index is 0.0357. The molecule has 0 aliphatic rings. The van der Waals surface area contributed by atoms with Gasteiger partial charge in [0.25, 0.3) is 0 Å². The predicted octanol–water partition coefficient (Wildman–Crippen LogP) is 4.96. The smallest absolute Gasteiger partial charge is 0.478 e. The molecule has 2 N–H and O–H groups in total. The van der Waals surface area contributed by atoms with E-state index in [9.17, 15) is 27.5 Å². The molecule has 30 heavy (non-hydrogen) atoms. The lowest BCUT2D eigenvalue weighted by molar-refractivity contribution is -0.274. The van der Waals surface area contributed by atoms with E-state index >= 15 is 0 Å². The van der Waals surface area contributed by atoms with Crippen LogP contribution in [0.1, 0.15) is 10.4 Å². The van der Waals surface area contributed by atoms with Gasteiger partial charge in [0.1, 0.15) is 17.9 Å². The number of hydrogen-bond donors (Lipinski definition) is 2. The lowest BCUT2D eigenvalue weighted by atomic mass is 10.2. The Morgan fingerprint density at radius 3 is 2.73 bits per heavy atom. The molecule has 0 aliphatic heterocycles. The van der Waals surface area contributed by atoms with Crippen LogP contribution in [-0.4, -0.2) is 38.6 Å². The summed E-state index contributed by atoms with van der Waals surface area (Å²) in [6.07, 6.45) is -4.81. The number of para-hydroxylation sites is 1. The van der Waals surface area contributed by atoms with Crippen molar-refractivity contribution in [2.45, 2.75) is 12.9 Å². The minimum atomic E-state index is -4.81. The number of thiazole rings is 1. The molecule has 4 rings (SSSR count). The van der Waals surface area contributed by atoms with Gasteiger partial charge in [-0.1, -0.05) is 17.4 Å². The van der Waals surface area contributed by atoms with Gasteiger partial charge in [-0.2, -0.15) is 0 Å². The summed E-state index contributed by atoms with van der Waals surface area (Å²) in [5.74, 6) is -1.38. The molecule has 0 fully saturated rings. The molecule has 0 aliphatic carbocycles. The average Bonchev–Trinajstić information content (AvgIpc) is 3.21. The molecule has 2 aromatic heterocycles. The maximum Gasteiger partial charge on any atom is 0.573 e. The zero-order valence-corrected chi connectivity index (χ0v) is 15.7. The molecule has 0 bridgehead atoms. The Bertz CT molecular complexity index is 1250. The monoisotopic (exact) mass is 440 g/mol. The Morgan fingerprint density at radius 1 is 1.23 bits per heavy atom. The van der Waals surface area contributed by atoms with Crippen LogP contribution in [0.4, 0.5) is 28.6 Å². The number of nitrogens with one attached hydrogen (secondary N) is 1. The molecule has 4 aromatic rings. The Morgan fingerprint density at radius 2 is 2.03 bits per heavy atom. The molecule has 156 valence electrons. The number of alkyl halides is 4. The number of carboxylic acid groups (broad SMARTS) is 1. The highest BCUT2D eigenvalue weighted by Gasteiger charge is 2.31. The molecule has 2 heterocycles. The average molecular weight is 440 g/mol. The fourth-order valence-electron chi connectivity index (χ4n) is 2.98. The number of aryl methyl sites for hydroxylation is 1. The van der Waals surface area contributed by atoms with Crippen molar-refractivity contribution in [3.8, 4) is 5.75 Å². The van der Waals surface area contributed by atoms with Gasteiger partial charge in [0.2, 0.25) is 5.95 Å². The first kappa shape index (κ1) is 19.9. The van der Waals surface area contributed by atoms with Gasteiger partial charge in [0.15, 0.2) is 5.13 Å². The van der Waals surface area contributed by atoms with Crippen molar-refractivity contribution >= 4 is 49.6 Å². The largest absolute Gasteiger partial charge is 0.573 e. The Kier molecular flexibility index (Phi) is 4.94. The number of anilines is 2. The number of nitrogens with zero attached hydrogens (tertiary/aromatic N) is 3. The van der Waals surface area contributed by atoms with Crippen molar-refractivity contribution < 1.29 is 32.2 Å². The number of fused-ring (bicyclic) bond motifs is 2. The zero-order chi connectivity index (χ0) is 21.5. The van der Waals surface area contributed by atoms with Crippen molar-refractivity contribution in [1.82, 2.24) is 14.5 Å². The summed E-state index contributed by atoms with van der Waals surface area (Å²) in [5.41, 5.74) is 1.00. The topological polar surface area (TPSA) is 89.3 Å². The van der Waals surface area contributed by atoms with Crippen molar-refractivity contribution in [3.05, 3.63) is 42.0 Å². The number of halogens is 4. The first-order valence-electron chi connectivity index (χ1n) is 8.47. The molecule has 0 saturated carbocycles. The van der Waals surface area contributed by atoms with Crippen LogP contribution in [0.15, 0.2) is 36.4 Å². The second-order valence-corrected chi connectivity index (χ2v) is 7.11. The lowest BCUT2D eigenvalue weighted by Gasteiger charge is -2.07. The van der Waals surface area contributed by atoms with Crippen LogP contribution in [0.5, 0.6) is 5.75 Å². The maximum absolute atomic E-state index is 13.1. The van der Waals surface area contributed by atoms with Gasteiger partial charge in [-0.15, -0.1) is 13.2 Å². The zero-order valence-electron chi connectivity index (χ0n) is 14.9. The van der Waals surface area contributed by atoms with E-state index in [0.29, 0.717) is 20.9 Å². The van der Waals surface area contributed by atoms with Crippen LogP contribution >= 0.6 is 11.3 Å². The van der Waals surface area contributed by atoms with Crippen LogP contribution in [0.25, 0.3) is 21.3 Å². The molecule has 7 nitrogen and oxygen atoms in total. The Balaban J connectivity index is 1.73. The number of aromatic nitrogens is 3. The fraction of sp³-hybridized carbons (Fsp3) is 0.167. The molecule has 0 amide bonds. The van der Waals surface area contributed by atoms with E-state index in [0.717, 1.165) is 17.4 Å². The van der Waals surface area contributed by atoms with E-state index in [1.807, 2.05) is 0 Å². The third-order valence-corrected chi connectivity index (χ3v) is 5.06. The van der Waals surface area contributed by atoms with Crippen LogP contribution < -0.4 is 10.1 Å². The summed E-state index contributed by atoms with van der Waals surface area (Å²) in [6, 6.07) is 8.28. The molecule has 0 spiro atoms. The molecule has 2 aromatic carbocycles. The quantitative estimate of drug-likeness (QED) is 0.412. The van der Waals surface area contributed by atoms with Gasteiger partial charge in [-0.25, -0.2) is 19.2 Å². The van der Waals surface area contributed by atoms with Gasteiger partial charge in [0.05, 0.1) is 27.8 Å². The summed E-state index contributed by atoms with van der Waals surface area (Å²) in [4.78, 5) is 20.0. The number of hydrogen-bond acceptors (Lipinski definition) is 6. The molecule has 0 radical (unpaired) electrons. The van der Waals surface area contributed by atoms with Gasteiger partial charge >= 0.3 is 12.3 Å². The first-order chi connectivity index (χ1) is 14.2. The fourth-order valence-corrected chi connectivity index (χ4v) is 3.86. The Labute approximate surface area is 169 Å². The van der Waals surface area contributed by atoms with E-state index in [-0.39, 0.29) is 29.3 Å². The standard InChI is InChI=1S/C18H12F4N4O3S/c19-6-7-26-12-3-1-2-10(15(27)28)14(12)24-16(26)25-17-23-11-5-4-9(8-13(11)30-17)29-18(20,21)22/h1-5,8H,6-7H2,(H,27,28)(H,23,24,25). The normalized spacial score (nSPS) is 11.9. The van der Waals surface area contributed by atoms with E-state index in [1.165, 1.54) is 28.8 Å². The van der Waals surface area contributed by atoms with Crippen molar-refractivity contribution in [1.29, 1.82) is 0 Å². The van der Waals surface area contributed by atoms with Crippen LogP contribution in [0, 0.1) is 0 Å². The van der Waals surface area contributed by atoms with Crippen LogP contribution in [0.3, 0.4) is 0 Å². The SMILES string of the molecule is O=C(O)c1cccc2c1nc(Nc1nc3ccc(OC(F)(F)F)cc3s1)n2CCF. The van der Waals surface area contributed by atoms with E-state index in [4.69, 9.17) is 0 Å². The number of rotatable bonds is 6. The second kappa shape index (κ2) is 7.44.